The Kier molecular flexibility index (Phi) is 3.92. The van der Waals surface area contributed by atoms with E-state index in [4.69, 9.17) is 16.3 Å². The summed E-state index contributed by atoms with van der Waals surface area (Å²) in [5.74, 6) is 0.695. The smallest absolute Gasteiger partial charge is 0.137 e. The van der Waals surface area contributed by atoms with Gasteiger partial charge in [-0.3, -0.25) is 0 Å². The Bertz CT molecular complexity index is 389. The predicted octanol–water partition coefficient (Wildman–Crippen LogP) is 1.96. The van der Waals surface area contributed by atoms with Gasteiger partial charge < -0.3 is 15.2 Å². The van der Waals surface area contributed by atoms with Crippen LogP contribution in [0, 0.1) is 0 Å². The highest BCUT2D eigenvalue weighted by atomic mass is 35.5. The number of nitrogens with one attached hydrogen (secondary N) is 1. The summed E-state index contributed by atoms with van der Waals surface area (Å²) in [5.41, 5.74) is 1.20. The zero-order valence-corrected chi connectivity index (χ0v) is 10.8. The predicted molar refractivity (Wildman–Crippen MR) is 68.9 cm³/mol. The average molecular weight is 256 g/mol. The van der Waals surface area contributed by atoms with Gasteiger partial charge in [-0.2, -0.15) is 0 Å². The lowest BCUT2D eigenvalue weighted by molar-refractivity contribution is 0.244. The summed E-state index contributed by atoms with van der Waals surface area (Å²) in [6, 6.07) is 5.91. The number of methoxy groups -OCH3 is 1. The van der Waals surface area contributed by atoms with Crippen molar-refractivity contribution in [1.82, 2.24) is 5.32 Å². The fourth-order valence-electron chi connectivity index (χ4n) is 2.56. The van der Waals surface area contributed by atoms with Gasteiger partial charge in [0.25, 0.3) is 0 Å². The van der Waals surface area contributed by atoms with Gasteiger partial charge in [0.1, 0.15) is 5.75 Å². The molecule has 4 heteroatoms. The molecule has 1 aliphatic heterocycles. The fourth-order valence-corrected chi connectivity index (χ4v) is 2.82. The van der Waals surface area contributed by atoms with Crippen molar-refractivity contribution in [2.75, 3.05) is 26.8 Å². The van der Waals surface area contributed by atoms with Crippen molar-refractivity contribution in [3.8, 4) is 5.75 Å². The second-order valence-corrected chi connectivity index (χ2v) is 4.94. The Balaban J connectivity index is 2.33. The van der Waals surface area contributed by atoms with E-state index in [9.17, 15) is 5.11 Å². The molecular formula is C13H18ClNO2. The second-order valence-electron chi connectivity index (χ2n) is 4.53. The van der Waals surface area contributed by atoms with Gasteiger partial charge in [0.05, 0.1) is 12.1 Å². The molecule has 1 heterocycles. The topological polar surface area (TPSA) is 41.5 Å². The zero-order valence-electron chi connectivity index (χ0n) is 10.0. The molecule has 1 fully saturated rings. The molecule has 1 atom stereocenters. The van der Waals surface area contributed by atoms with Crippen molar-refractivity contribution in [3.63, 3.8) is 0 Å². The first-order valence-electron chi connectivity index (χ1n) is 5.87. The molecule has 2 N–H and O–H groups in total. The Labute approximate surface area is 107 Å². The van der Waals surface area contributed by atoms with Crippen LogP contribution in [0.1, 0.15) is 18.4 Å². The van der Waals surface area contributed by atoms with Gasteiger partial charge in [0, 0.05) is 18.6 Å². The Morgan fingerprint density at radius 3 is 2.88 bits per heavy atom. The van der Waals surface area contributed by atoms with Crippen molar-refractivity contribution in [3.05, 3.63) is 28.8 Å². The number of aliphatic hydroxyl groups is 1. The van der Waals surface area contributed by atoms with Crippen LogP contribution in [-0.4, -0.2) is 31.9 Å². The third-order valence-electron chi connectivity index (χ3n) is 3.60. The number of rotatable bonds is 4. The highest BCUT2D eigenvalue weighted by Gasteiger charge is 2.35. The SMILES string of the molecule is COc1ccc(C2(CCO)CCNC2)cc1Cl. The molecule has 94 valence electrons. The lowest BCUT2D eigenvalue weighted by Crippen LogP contribution is -2.30. The second kappa shape index (κ2) is 5.25. The molecule has 1 unspecified atom stereocenters. The third-order valence-corrected chi connectivity index (χ3v) is 3.89. The van der Waals surface area contributed by atoms with Crippen molar-refractivity contribution in [2.24, 2.45) is 0 Å². The minimum atomic E-state index is 0.0185. The van der Waals surface area contributed by atoms with Crippen molar-refractivity contribution < 1.29 is 9.84 Å². The first-order chi connectivity index (χ1) is 8.22. The zero-order chi connectivity index (χ0) is 12.3. The first-order valence-corrected chi connectivity index (χ1v) is 6.25. The van der Waals surface area contributed by atoms with Crippen LogP contribution in [0.15, 0.2) is 18.2 Å². The Morgan fingerprint density at radius 2 is 2.35 bits per heavy atom. The quantitative estimate of drug-likeness (QED) is 0.864. The molecule has 1 aromatic carbocycles. The van der Waals surface area contributed by atoms with Crippen molar-refractivity contribution >= 4 is 11.6 Å². The molecule has 0 amide bonds. The number of benzene rings is 1. The van der Waals surface area contributed by atoms with E-state index < -0.39 is 0 Å². The molecule has 0 spiro atoms. The van der Waals surface area contributed by atoms with E-state index in [1.807, 2.05) is 18.2 Å². The van der Waals surface area contributed by atoms with Gasteiger partial charge in [-0.05, 0) is 37.1 Å². The molecule has 0 radical (unpaired) electrons. The van der Waals surface area contributed by atoms with Crippen LogP contribution >= 0.6 is 11.6 Å². The Hall–Kier alpha value is -0.770. The summed E-state index contributed by atoms with van der Waals surface area (Å²) in [7, 11) is 1.61. The van der Waals surface area contributed by atoms with Gasteiger partial charge in [-0.25, -0.2) is 0 Å². The average Bonchev–Trinajstić information content (AvgIpc) is 2.79. The summed E-state index contributed by atoms with van der Waals surface area (Å²) >= 11 is 6.16. The number of aliphatic hydroxyl groups excluding tert-OH is 1. The summed E-state index contributed by atoms with van der Waals surface area (Å²) in [6.07, 6.45) is 1.80. The van der Waals surface area contributed by atoms with Crippen molar-refractivity contribution in [1.29, 1.82) is 0 Å². The first kappa shape index (κ1) is 12.7. The molecule has 0 aromatic heterocycles. The largest absolute Gasteiger partial charge is 0.495 e. The summed E-state index contributed by atoms with van der Waals surface area (Å²) in [6.45, 7) is 2.09. The lowest BCUT2D eigenvalue weighted by atomic mass is 9.77. The standard InChI is InChI=1S/C13H18ClNO2/c1-17-12-3-2-10(8-11(12)14)13(5-7-16)4-6-15-9-13/h2-3,8,15-16H,4-7,9H2,1H3. The molecule has 2 rings (SSSR count). The van der Waals surface area contributed by atoms with Crippen LogP contribution in [0.4, 0.5) is 0 Å². The number of halogens is 1. The monoisotopic (exact) mass is 255 g/mol. The number of hydrogen-bond donors (Lipinski definition) is 2. The van der Waals surface area contributed by atoms with Crippen LogP contribution in [0.5, 0.6) is 5.75 Å². The van der Waals surface area contributed by atoms with Crippen LogP contribution in [0.2, 0.25) is 5.02 Å². The normalized spacial score (nSPS) is 23.9. The molecule has 1 aromatic rings. The third kappa shape index (κ3) is 2.41. The molecular weight excluding hydrogens is 238 g/mol. The van der Waals surface area contributed by atoms with E-state index in [0.717, 1.165) is 25.9 Å². The molecule has 3 nitrogen and oxygen atoms in total. The van der Waals surface area contributed by atoms with Gasteiger partial charge in [0.2, 0.25) is 0 Å². The van der Waals surface area contributed by atoms with Gasteiger partial charge in [-0.1, -0.05) is 17.7 Å². The molecule has 1 saturated heterocycles. The molecule has 0 bridgehead atoms. The van der Waals surface area contributed by atoms with Crippen LogP contribution in [0.25, 0.3) is 0 Å². The van der Waals surface area contributed by atoms with E-state index in [1.165, 1.54) is 5.56 Å². The van der Waals surface area contributed by atoms with E-state index in [2.05, 4.69) is 5.32 Å². The van der Waals surface area contributed by atoms with E-state index in [-0.39, 0.29) is 12.0 Å². The minimum Gasteiger partial charge on any atom is -0.495 e. The van der Waals surface area contributed by atoms with Gasteiger partial charge in [0.15, 0.2) is 0 Å². The Morgan fingerprint density at radius 1 is 1.53 bits per heavy atom. The summed E-state index contributed by atoms with van der Waals surface area (Å²) in [4.78, 5) is 0. The molecule has 17 heavy (non-hydrogen) atoms. The van der Waals surface area contributed by atoms with Crippen molar-refractivity contribution in [2.45, 2.75) is 18.3 Å². The van der Waals surface area contributed by atoms with Gasteiger partial charge in [-0.15, -0.1) is 0 Å². The molecule has 0 aliphatic carbocycles. The molecule has 0 saturated carbocycles. The summed E-state index contributed by atoms with van der Waals surface area (Å²) < 4.78 is 5.16. The van der Waals surface area contributed by atoms with Crippen LogP contribution < -0.4 is 10.1 Å². The van der Waals surface area contributed by atoms with E-state index in [0.29, 0.717) is 10.8 Å². The highest BCUT2D eigenvalue weighted by Crippen LogP contribution is 2.37. The lowest BCUT2D eigenvalue weighted by Gasteiger charge is -2.28. The maximum Gasteiger partial charge on any atom is 0.137 e. The van der Waals surface area contributed by atoms with Gasteiger partial charge >= 0.3 is 0 Å². The maximum atomic E-state index is 9.24. The van der Waals surface area contributed by atoms with Crippen LogP contribution in [0.3, 0.4) is 0 Å². The maximum absolute atomic E-state index is 9.24. The minimum absolute atomic E-state index is 0.0185. The number of ether oxygens (including phenoxy) is 1. The molecule has 1 aliphatic rings. The van der Waals surface area contributed by atoms with Crippen LogP contribution in [-0.2, 0) is 5.41 Å². The highest BCUT2D eigenvalue weighted by molar-refractivity contribution is 6.32. The fraction of sp³-hybridized carbons (Fsp3) is 0.538. The van der Waals surface area contributed by atoms with E-state index in [1.54, 1.807) is 7.11 Å². The number of hydrogen-bond acceptors (Lipinski definition) is 3. The van der Waals surface area contributed by atoms with E-state index >= 15 is 0 Å². The summed E-state index contributed by atoms with van der Waals surface area (Å²) in [5, 5.41) is 13.2.